The van der Waals surface area contributed by atoms with Gasteiger partial charge in [-0.05, 0) is 55.8 Å². The lowest BCUT2D eigenvalue weighted by Gasteiger charge is -2.21. The maximum Gasteiger partial charge on any atom is 0.255 e. The Balaban J connectivity index is 1.79. The molecule has 10 heteroatoms. The summed E-state index contributed by atoms with van der Waals surface area (Å²) in [4.78, 5) is 12.7. The summed E-state index contributed by atoms with van der Waals surface area (Å²) in [7, 11) is -4.00. The van der Waals surface area contributed by atoms with E-state index in [4.69, 9.17) is 16.3 Å². The van der Waals surface area contributed by atoms with Crippen molar-refractivity contribution in [2.45, 2.75) is 25.3 Å². The fourth-order valence-corrected chi connectivity index (χ4v) is 4.81. The number of hydrogen-bond donors (Lipinski definition) is 2. The molecule has 0 unspecified atom stereocenters. The Morgan fingerprint density at radius 1 is 1.14 bits per heavy atom. The molecule has 0 aliphatic rings. The maximum atomic E-state index is 13.3. The first kappa shape index (κ1) is 26.2. The van der Waals surface area contributed by atoms with E-state index in [0.717, 1.165) is 9.87 Å². The monoisotopic (exact) mass is 515 g/mol. The van der Waals surface area contributed by atoms with Crippen LogP contribution in [0.1, 0.15) is 23.6 Å². The number of carbonyl (C=O) groups excluding carboxylic acids is 1. The number of halogens is 1. The summed E-state index contributed by atoms with van der Waals surface area (Å²) < 4.78 is 33.1. The Morgan fingerprint density at radius 3 is 2.54 bits per heavy atom. The number of phenols is 1. The summed E-state index contributed by atoms with van der Waals surface area (Å²) in [5, 5.41) is 14.6. The summed E-state index contributed by atoms with van der Waals surface area (Å²) in [6.07, 6.45) is 1.26. The van der Waals surface area contributed by atoms with Gasteiger partial charge in [-0.15, -0.1) is 0 Å². The van der Waals surface area contributed by atoms with Crippen molar-refractivity contribution in [3.05, 3.63) is 88.4 Å². The Bertz CT molecular complexity index is 1310. The second kappa shape index (κ2) is 11.8. The number of nitrogens with one attached hydrogen (secondary N) is 1. The van der Waals surface area contributed by atoms with Crippen LogP contribution in [-0.2, 0) is 21.4 Å². The predicted octanol–water partition coefficient (Wildman–Crippen LogP) is 4.09. The lowest BCUT2D eigenvalue weighted by Crippen LogP contribution is -2.39. The maximum absolute atomic E-state index is 13.3. The van der Waals surface area contributed by atoms with E-state index in [2.05, 4.69) is 10.5 Å². The largest absolute Gasteiger partial charge is 0.504 e. The van der Waals surface area contributed by atoms with Gasteiger partial charge in [0.15, 0.2) is 11.5 Å². The first-order valence-electron chi connectivity index (χ1n) is 10.8. The first-order valence-corrected chi connectivity index (χ1v) is 12.6. The van der Waals surface area contributed by atoms with Crippen molar-refractivity contribution in [2.75, 3.05) is 13.2 Å². The first-order chi connectivity index (χ1) is 16.7. The van der Waals surface area contributed by atoms with Gasteiger partial charge in [0.1, 0.15) is 0 Å². The summed E-state index contributed by atoms with van der Waals surface area (Å²) >= 11 is 6.06. The number of amides is 1. The Kier molecular flexibility index (Phi) is 8.86. The summed E-state index contributed by atoms with van der Waals surface area (Å²) in [6, 6.07) is 18.0. The molecule has 184 valence electrons. The molecule has 0 aliphatic heterocycles. The van der Waals surface area contributed by atoms with Gasteiger partial charge >= 0.3 is 0 Å². The molecule has 35 heavy (non-hydrogen) atoms. The third kappa shape index (κ3) is 7.05. The number of para-hydroxylation sites is 1. The lowest BCUT2D eigenvalue weighted by atomic mass is 10.2. The van der Waals surface area contributed by atoms with Crippen molar-refractivity contribution < 1.29 is 23.1 Å². The Morgan fingerprint density at radius 2 is 1.86 bits per heavy atom. The van der Waals surface area contributed by atoms with E-state index in [1.165, 1.54) is 18.3 Å². The van der Waals surface area contributed by atoms with Crippen molar-refractivity contribution in [2.24, 2.45) is 5.10 Å². The average molecular weight is 516 g/mol. The van der Waals surface area contributed by atoms with Gasteiger partial charge in [-0.2, -0.15) is 9.41 Å². The summed E-state index contributed by atoms with van der Waals surface area (Å²) in [5.41, 5.74) is 4.19. The minimum atomic E-state index is -4.00. The van der Waals surface area contributed by atoms with Gasteiger partial charge in [0, 0.05) is 17.1 Å². The molecule has 3 aromatic rings. The molecule has 0 atom stereocenters. The van der Waals surface area contributed by atoms with Gasteiger partial charge < -0.3 is 9.84 Å². The molecule has 0 heterocycles. The highest BCUT2D eigenvalue weighted by Crippen LogP contribution is 2.28. The number of carbonyl (C=O) groups is 1. The molecule has 8 nitrogen and oxygen atoms in total. The Labute approximate surface area is 209 Å². The van der Waals surface area contributed by atoms with Gasteiger partial charge in [-0.1, -0.05) is 47.5 Å². The van der Waals surface area contributed by atoms with Crippen LogP contribution in [0.15, 0.2) is 76.7 Å². The molecule has 2 N–H and O–H groups in total. The van der Waals surface area contributed by atoms with Crippen molar-refractivity contribution in [3.63, 3.8) is 0 Å². The molecule has 0 bridgehead atoms. The predicted molar refractivity (Wildman–Crippen MR) is 135 cm³/mol. The van der Waals surface area contributed by atoms with Crippen LogP contribution in [0.3, 0.4) is 0 Å². The van der Waals surface area contributed by atoms with Gasteiger partial charge in [0.2, 0.25) is 10.0 Å². The van der Waals surface area contributed by atoms with Gasteiger partial charge in [-0.25, -0.2) is 13.8 Å². The number of phenolic OH excluding ortho intramolecular Hbond substituents is 1. The molecule has 1 amide bonds. The third-order valence-electron chi connectivity index (χ3n) is 4.95. The topological polar surface area (TPSA) is 108 Å². The minimum Gasteiger partial charge on any atom is -0.504 e. The quantitative estimate of drug-likeness (QED) is 0.312. The smallest absolute Gasteiger partial charge is 0.255 e. The normalized spacial score (nSPS) is 11.7. The van der Waals surface area contributed by atoms with E-state index in [-0.39, 0.29) is 17.2 Å². The number of benzene rings is 3. The van der Waals surface area contributed by atoms with Crippen LogP contribution in [0.4, 0.5) is 0 Å². The minimum absolute atomic E-state index is 0.0644. The zero-order valence-electron chi connectivity index (χ0n) is 19.3. The molecule has 0 spiro atoms. The average Bonchev–Trinajstić information content (AvgIpc) is 2.81. The Hall–Kier alpha value is -3.40. The highest BCUT2D eigenvalue weighted by molar-refractivity contribution is 7.89. The van der Waals surface area contributed by atoms with Crippen molar-refractivity contribution in [3.8, 4) is 11.5 Å². The van der Waals surface area contributed by atoms with Gasteiger partial charge in [-0.3, -0.25) is 4.79 Å². The number of rotatable bonds is 10. The molecule has 0 aromatic heterocycles. The van der Waals surface area contributed by atoms with Crippen LogP contribution in [0, 0.1) is 6.92 Å². The molecular formula is C25H26ClN3O5S. The van der Waals surface area contributed by atoms with Crippen LogP contribution in [0.25, 0.3) is 0 Å². The summed E-state index contributed by atoms with van der Waals surface area (Å²) in [5.74, 6) is -0.476. The van der Waals surface area contributed by atoms with E-state index in [1.807, 2.05) is 6.92 Å². The van der Waals surface area contributed by atoms with Gasteiger partial charge in [0.05, 0.1) is 24.3 Å². The number of aryl methyl sites for hydroxylation is 1. The molecule has 0 aliphatic carbocycles. The van der Waals surface area contributed by atoms with Crippen molar-refractivity contribution in [1.82, 2.24) is 9.73 Å². The van der Waals surface area contributed by atoms with Crippen molar-refractivity contribution in [1.29, 1.82) is 0 Å². The fourth-order valence-electron chi connectivity index (χ4n) is 3.21. The third-order valence-corrected chi connectivity index (χ3v) is 6.99. The number of aromatic hydroxyl groups is 1. The summed E-state index contributed by atoms with van der Waals surface area (Å²) in [6.45, 7) is 3.48. The molecule has 0 saturated heterocycles. The van der Waals surface area contributed by atoms with E-state index in [1.54, 1.807) is 61.5 Å². The fraction of sp³-hybridized carbons (Fsp3) is 0.200. The number of hydrogen-bond acceptors (Lipinski definition) is 6. The van der Waals surface area contributed by atoms with E-state index in [9.17, 15) is 18.3 Å². The van der Waals surface area contributed by atoms with E-state index < -0.39 is 22.5 Å². The molecule has 3 aromatic carbocycles. The molecule has 3 rings (SSSR count). The number of hydrazone groups is 1. The molecule has 0 radical (unpaired) electrons. The number of ether oxygens (including phenoxy) is 1. The highest BCUT2D eigenvalue weighted by atomic mass is 35.5. The van der Waals surface area contributed by atoms with Crippen LogP contribution in [0.5, 0.6) is 11.5 Å². The highest BCUT2D eigenvalue weighted by Gasteiger charge is 2.27. The van der Waals surface area contributed by atoms with Crippen LogP contribution in [0.2, 0.25) is 5.02 Å². The zero-order chi connectivity index (χ0) is 25.4. The molecule has 0 saturated carbocycles. The zero-order valence-corrected chi connectivity index (χ0v) is 20.9. The number of sulfonamides is 1. The SMILES string of the molecule is CCOc1cccc(/C=N\NC(=O)CN(Cc2cccc(Cl)c2)S(=O)(=O)c2ccc(C)cc2)c1O. The van der Waals surface area contributed by atoms with Crippen LogP contribution < -0.4 is 10.2 Å². The number of nitrogens with zero attached hydrogens (tertiary/aromatic N) is 2. The lowest BCUT2D eigenvalue weighted by molar-refractivity contribution is -0.121. The van der Waals surface area contributed by atoms with Crippen LogP contribution >= 0.6 is 11.6 Å². The van der Waals surface area contributed by atoms with Crippen LogP contribution in [-0.4, -0.2) is 43.1 Å². The van der Waals surface area contributed by atoms with E-state index in [0.29, 0.717) is 28.5 Å². The van der Waals surface area contributed by atoms with Crippen molar-refractivity contribution >= 4 is 33.7 Å². The molecule has 0 fully saturated rings. The van der Waals surface area contributed by atoms with Gasteiger partial charge in [0.25, 0.3) is 5.91 Å². The second-order valence-electron chi connectivity index (χ2n) is 7.64. The van der Waals surface area contributed by atoms with E-state index >= 15 is 0 Å². The second-order valence-corrected chi connectivity index (χ2v) is 10.0. The molecular weight excluding hydrogens is 490 g/mol. The standard InChI is InChI=1S/C25H26ClN3O5S/c1-3-34-23-9-5-7-20(25(23)31)15-27-28-24(30)17-29(16-19-6-4-8-21(26)14-19)35(32,33)22-12-10-18(2)11-13-22/h4-15,31H,3,16-17H2,1-2H3,(H,28,30)/b27-15-.